The summed E-state index contributed by atoms with van der Waals surface area (Å²) in [5.41, 5.74) is 2.23. The highest BCUT2D eigenvalue weighted by Gasteiger charge is 2.11. The van der Waals surface area contributed by atoms with E-state index >= 15 is 0 Å². The number of hydrogen-bond donors (Lipinski definition) is 2. The molecule has 0 aromatic carbocycles. The lowest BCUT2D eigenvalue weighted by Crippen LogP contribution is -2.14. The molecule has 0 fully saturated rings. The number of pyridine rings is 1. The molecule has 0 bridgehead atoms. The first-order valence-electron chi connectivity index (χ1n) is 3.85. The van der Waals surface area contributed by atoms with Crippen LogP contribution in [0.25, 0.3) is 0 Å². The molecule has 14 heavy (non-hydrogen) atoms. The van der Waals surface area contributed by atoms with Crippen LogP contribution in [-0.4, -0.2) is 24.0 Å². The number of nitro groups is 1. The predicted octanol–water partition coefficient (Wildman–Crippen LogP) is 0.341. The summed E-state index contributed by atoms with van der Waals surface area (Å²) in [4.78, 5) is 15.7. The highest BCUT2D eigenvalue weighted by molar-refractivity contribution is 5.54. The van der Waals surface area contributed by atoms with Crippen molar-refractivity contribution in [2.45, 2.75) is 0 Å². The van der Waals surface area contributed by atoms with Crippen LogP contribution in [0, 0.1) is 10.1 Å². The summed E-state index contributed by atoms with van der Waals surface area (Å²) in [5.74, 6) is 5.88. The molecule has 1 aromatic rings. The second kappa shape index (κ2) is 3.88. The van der Waals surface area contributed by atoms with Crippen molar-refractivity contribution >= 4 is 17.3 Å². The summed E-state index contributed by atoms with van der Waals surface area (Å²) in [7, 11) is 3.48. The van der Waals surface area contributed by atoms with E-state index in [2.05, 4.69) is 10.4 Å². The van der Waals surface area contributed by atoms with Crippen LogP contribution in [0.5, 0.6) is 0 Å². The molecule has 1 rings (SSSR count). The summed E-state index contributed by atoms with van der Waals surface area (Å²) in [5, 5.41) is 10.5. The molecule has 0 aliphatic carbocycles. The lowest BCUT2D eigenvalue weighted by molar-refractivity contribution is -0.384. The van der Waals surface area contributed by atoms with Crippen LogP contribution >= 0.6 is 0 Å². The van der Waals surface area contributed by atoms with E-state index in [0.717, 1.165) is 0 Å². The second-order valence-corrected chi connectivity index (χ2v) is 2.86. The number of anilines is 2. The molecule has 0 saturated heterocycles. The van der Waals surface area contributed by atoms with Gasteiger partial charge in [-0.15, -0.1) is 0 Å². The maximum atomic E-state index is 10.5. The topological polar surface area (TPSA) is 97.3 Å². The minimum Gasteiger partial charge on any atom is -0.362 e. The average molecular weight is 197 g/mol. The van der Waals surface area contributed by atoms with Crippen LogP contribution in [0.15, 0.2) is 12.1 Å². The van der Waals surface area contributed by atoms with Crippen molar-refractivity contribution in [3.63, 3.8) is 0 Å². The molecule has 0 amide bonds. The first kappa shape index (κ1) is 10.2. The number of rotatable bonds is 3. The van der Waals surface area contributed by atoms with E-state index in [4.69, 9.17) is 5.84 Å². The van der Waals surface area contributed by atoms with Crippen molar-refractivity contribution < 1.29 is 4.92 Å². The molecule has 3 N–H and O–H groups in total. The molecule has 0 aliphatic rings. The van der Waals surface area contributed by atoms with Gasteiger partial charge in [-0.25, -0.2) is 10.8 Å². The fourth-order valence-corrected chi connectivity index (χ4v) is 0.910. The summed E-state index contributed by atoms with van der Waals surface area (Å²) in [6.07, 6.45) is 0. The number of nitrogen functional groups attached to an aromatic ring is 1. The van der Waals surface area contributed by atoms with Gasteiger partial charge >= 0.3 is 0 Å². The van der Waals surface area contributed by atoms with Gasteiger partial charge in [0.2, 0.25) is 0 Å². The average Bonchev–Trinajstić information content (AvgIpc) is 2.16. The predicted molar refractivity (Wildman–Crippen MR) is 53.0 cm³/mol. The molecule has 0 radical (unpaired) electrons. The van der Waals surface area contributed by atoms with Crippen molar-refractivity contribution in [3.05, 3.63) is 22.2 Å². The third-order valence-corrected chi connectivity index (χ3v) is 1.61. The van der Waals surface area contributed by atoms with E-state index in [1.165, 1.54) is 12.1 Å². The third-order valence-electron chi connectivity index (χ3n) is 1.61. The van der Waals surface area contributed by atoms with Crippen molar-refractivity contribution in [2.24, 2.45) is 5.84 Å². The Morgan fingerprint density at radius 2 is 2.21 bits per heavy atom. The molecule has 7 nitrogen and oxygen atoms in total. The van der Waals surface area contributed by atoms with E-state index in [-0.39, 0.29) is 11.5 Å². The molecular formula is C7H11N5O2. The van der Waals surface area contributed by atoms with Crippen LogP contribution < -0.4 is 16.2 Å². The monoisotopic (exact) mass is 197 g/mol. The van der Waals surface area contributed by atoms with Crippen molar-refractivity contribution in [2.75, 3.05) is 24.4 Å². The number of hydrazine groups is 1. The highest BCUT2D eigenvalue weighted by atomic mass is 16.6. The minimum atomic E-state index is -0.491. The third kappa shape index (κ3) is 2.07. The first-order valence-corrected chi connectivity index (χ1v) is 3.85. The van der Waals surface area contributed by atoms with E-state index < -0.39 is 4.92 Å². The number of hydrogen-bond acceptors (Lipinski definition) is 6. The molecule has 0 aliphatic heterocycles. The summed E-state index contributed by atoms with van der Waals surface area (Å²) < 4.78 is 0. The van der Waals surface area contributed by atoms with Gasteiger partial charge < -0.3 is 10.3 Å². The lowest BCUT2D eigenvalue weighted by atomic mass is 10.3. The highest BCUT2D eigenvalue weighted by Crippen LogP contribution is 2.21. The van der Waals surface area contributed by atoms with Crippen molar-refractivity contribution in [3.8, 4) is 0 Å². The Bertz CT molecular complexity index is 352. The Kier molecular flexibility index (Phi) is 2.82. The van der Waals surface area contributed by atoms with Gasteiger partial charge in [-0.1, -0.05) is 0 Å². The van der Waals surface area contributed by atoms with Gasteiger partial charge in [0, 0.05) is 14.1 Å². The van der Waals surface area contributed by atoms with E-state index in [1.54, 1.807) is 19.0 Å². The van der Waals surface area contributed by atoms with Crippen LogP contribution in [0.4, 0.5) is 17.3 Å². The van der Waals surface area contributed by atoms with Crippen molar-refractivity contribution in [1.29, 1.82) is 0 Å². The van der Waals surface area contributed by atoms with E-state index in [1.807, 2.05) is 0 Å². The van der Waals surface area contributed by atoms with Crippen LogP contribution in [0.1, 0.15) is 0 Å². The number of aromatic nitrogens is 1. The maximum absolute atomic E-state index is 10.5. The van der Waals surface area contributed by atoms with Crippen molar-refractivity contribution in [1.82, 2.24) is 4.98 Å². The van der Waals surface area contributed by atoms with E-state index in [0.29, 0.717) is 5.82 Å². The van der Waals surface area contributed by atoms with E-state index in [9.17, 15) is 10.1 Å². The molecule has 0 unspecified atom stereocenters. The maximum Gasteiger partial charge on any atom is 0.276 e. The van der Waals surface area contributed by atoms with Gasteiger partial charge in [-0.3, -0.25) is 10.1 Å². The summed E-state index contributed by atoms with van der Waals surface area (Å²) in [6, 6.07) is 2.65. The van der Waals surface area contributed by atoms with Crippen LogP contribution in [-0.2, 0) is 0 Å². The molecule has 0 spiro atoms. The smallest absolute Gasteiger partial charge is 0.276 e. The fourth-order valence-electron chi connectivity index (χ4n) is 0.910. The van der Waals surface area contributed by atoms with Crippen LogP contribution in [0.2, 0.25) is 0 Å². The Hall–Kier alpha value is -1.89. The summed E-state index contributed by atoms with van der Waals surface area (Å²) in [6.45, 7) is 0. The Labute approximate surface area is 80.7 Å². The molecule has 0 atom stereocenters. The minimum absolute atomic E-state index is 0.0448. The normalized spacial score (nSPS) is 9.64. The quantitative estimate of drug-likeness (QED) is 0.412. The second-order valence-electron chi connectivity index (χ2n) is 2.86. The van der Waals surface area contributed by atoms with Gasteiger partial charge in [-0.2, -0.15) is 0 Å². The summed E-state index contributed by atoms with van der Waals surface area (Å²) >= 11 is 0. The van der Waals surface area contributed by atoms with Gasteiger partial charge in [-0.05, 0) is 0 Å². The molecule has 1 heterocycles. The standard InChI is InChI=1S/C7H11N5O2/c1-11(2)7-4-5(12(13)14)3-6(9-7)10-8/h3-4H,8H2,1-2H3,(H,9,10). The van der Waals surface area contributed by atoms with Gasteiger partial charge in [0.15, 0.2) is 0 Å². The molecule has 1 aromatic heterocycles. The van der Waals surface area contributed by atoms with Crippen LogP contribution in [0.3, 0.4) is 0 Å². The zero-order chi connectivity index (χ0) is 10.7. The number of nitrogens with zero attached hydrogens (tertiary/aromatic N) is 3. The lowest BCUT2D eigenvalue weighted by Gasteiger charge is -2.11. The van der Waals surface area contributed by atoms with Gasteiger partial charge in [0.1, 0.15) is 11.6 Å². The molecule has 7 heteroatoms. The number of nitrogens with one attached hydrogen (secondary N) is 1. The molecule has 0 saturated carbocycles. The number of nitrogens with two attached hydrogens (primary N) is 1. The first-order chi connectivity index (χ1) is 6.54. The Morgan fingerprint density at radius 1 is 1.57 bits per heavy atom. The van der Waals surface area contributed by atoms with Gasteiger partial charge in [0.05, 0.1) is 17.1 Å². The molecule has 76 valence electrons. The fraction of sp³-hybridized carbons (Fsp3) is 0.286. The zero-order valence-electron chi connectivity index (χ0n) is 7.89. The SMILES string of the molecule is CN(C)c1cc([N+](=O)[O-])cc(NN)n1. The molecular weight excluding hydrogens is 186 g/mol. The van der Waals surface area contributed by atoms with Gasteiger partial charge in [0.25, 0.3) is 5.69 Å². The Morgan fingerprint density at radius 3 is 2.64 bits per heavy atom. The Balaban J connectivity index is 3.20. The largest absolute Gasteiger partial charge is 0.362 e. The zero-order valence-corrected chi connectivity index (χ0v) is 7.89.